The van der Waals surface area contributed by atoms with Gasteiger partial charge in [0.15, 0.2) is 11.4 Å². The Morgan fingerprint density at radius 1 is 1.13 bits per heavy atom. The molecular weight excluding hydrogens is 515 g/mol. The second kappa shape index (κ2) is 10.3. The minimum absolute atomic E-state index is 0.0963. The maximum atomic E-state index is 15.3. The van der Waals surface area contributed by atoms with Crippen molar-refractivity contribution in [2.45, 2.75) is 30.9 Å². The van der Waals surface area contributed by atoms with Crippen molar-refractivity contribution in [3.63, 3.8) is 0 Å². The van der Waals surface area contributed by atoms with Crippen LogP contribution in [0.2, 0.25) is 5.02 Å². The highest BCUT2D eigenvalue weighted by Gasteiger charge is 2.49. The molecule has 2 aliphatic heterocycles. The van der Waals surface area contributed by atoms with Gasteiger partial charge in [0.05, 0.1) is 28.4 Å². The lowest BCUT2D eigenvalue weighted by molar-refractivity contribution is -0.141. The number of hydrogen-bond donors (Lipinski definition) is 3. The number of amides is 3. The highest BCUT2D eigenvalue weighted by atomic mass is 35.5. The largest absolute Gasteiger partial charge is 0.436 e. The van der Waals surface area contributed by atoms with Crippen molar-refractivity contribution in [1.29, 1.82) is 0 Å². The van der Waals surface area contributed by atoms with Gasteiger partial charge in [-0.15, -0.1) is 0 Å². The molecular formula is C27H24ClFN4O5. The van der Waals surface area contributed by atoms with E-state index in [2.05, 4.69) is 15.6 Å². The third-order valence-electron chi connectivity index (χ3n) is 6.77. The van der Waals surface area contributed by atoms with Gasteiger partial charge in [0.1, 0.15) is 6.04 Å². The van der Waals surface area contributed by atoms with Crippen LogP contribution in [0.1, 0.15) is 34.3 Å². The summed E-state index contributed by atoms with van der Waals surface area (Å²) in [4.78, 5) is 54.6. The lowest BCUT2D eigenvalue weighted by atomic mass is 9.82. The zero-order valence-corrected chi connectivity index (χ0v) is 20.9. The average molecular weight is 539 g/mol. The summed E-state index contributed by atoms with van der Waals surface area (Å²) in [5.41, 5.74) is -0.454. The molecule has 3 amide bonds. The van der Waals surface area contributed by atoms with E-state index in [0.29, 0.717) is 19.4 Å². The molecule has 38 heavy (non-hydrogen) atoms. The zero-order valence-electron chi connectivity index (χ0n) is 20.1. The van der Waals surface area contributed by atoms with Gasteiger partial charge in [-0.05, 0) is 36.6 Å². The molecule has 5 rings (SSSR count). The summed E-state index contributed by atoms with van der Waals surface area (Å²) in [7, 11) is 0. The summed E-state index contributed by atoms with van der Waals surface area (Å²) >= 11 is 6.06. The van der Waals surface area contributed by atoms with Crippen LogP contribution in [0.15, 0.2) is 65.6 Å². The topological polar surface area (TPSA) is 121 Å². The molecule has 0 unspecified atom stereocenters. The number of pyridine rings is 1. The second-order valence-corrected chi connectivity index (χ2v) is 9.72. The van der Waals surface area contributed by atoms with Crippen LogP contribution >= 0.6 is 11.6 Å². The number of fused-ring (bicyclic) bond motifs is 2. The fourth-order valence-electron chi connectivity index (χ4n) is 5.03. The Morgan fingerprint density at radius 2 is 1.92 bits per heavy atom. The number of benzene rings is 2. The molecule has 2 aliphatic rings. The predicted molar refractivity (Wildman–Crippen MR) is 137 cm³/mol. The SMILES string of the molecule is O=C1Nc2ccc(Cl)c(F)c2[C@@]2(CCCN(C(=O)[C@H](Cc3ccccc3)NC(=O)c3ccc(=O)[nH]c3)C2)O1. The molecule has 3 aromatic rings. The van der Waals surface area contributed by atoms with E-state index in [-0.39, 0.29) is 40.4 Å². The molecule has 0 saturated carbocycles. The summed E-state index contributed by atoms with van der Waals surface area (Å²) in [6.07, 6.45) is 1.44. The van der Waals surface area contributed by atoms with E-state index in [4.69, 9.17) is 16.3 Å². The number of piperidine rings is 1. The van der Waals surface area contributed by atoms with E-state index in [9.17, 15) is 19.2 Å². The molecule has 3 N–H and O–H groups in total. The number of carbonyl (C=O) groups is 3. The van der Waals surface area contributed by atoms with E-state index in [1.807, 2.05) is 30.3 Å². The first-order valence-electron chi connectivity index (χ1n) is 12.1. The summed E-state index contributed by atoms with van der Waals surface area (Å²) in [5.74, 6) is -1.67. The maximum absolute atomic E-state index is 15.3. The van der Waals surface area contributed by atoms with Crippen molar-refractivity contribution < 1.29 is 23.5 Å². The molecule has 0 radical (unpaired) electrons. The Kier molecular flexibility index (Phi) is 6.90. The minimum Gasteiger partial charge on any atom is -0.436 e. The van der Waals surface area contributed by atoms with Gasteiger partial charge in [0.25, 0.3) is 5.91 Å². The molecule has 9 nitrogen and oxygen atoms in total. The molecule has 1 aromatic heterocycles. The monoisotopic (exact) mass is 538 g/mol. The summed E-state index contributed by atoms with van der Waals surface area (Å²) < 4.78 is 20.9. The molecule has 3 heterocycles. The number of rotatable bonds is 5. The third-order valence-corrected chi connectivity index (χ3v) is 7.07. The van der Waals surface area contributed by atoms with E-state index in [0.717, 1.165) is 5.56 Å². The van der Waals surface area contributed by atoms with Crippen molar-refractivity contribution in [3.05, 3.63) is 98.7 Å². The summed E-state index contributed by atoms with van der Waals surface area (Å²) in [6.45, 7) is 0.215. The normalized spacial score (nSPS) is 19.2. The number of aromatic amines is 1. The van der Waals surface area contributed by atoms with Crippen molar-refractivity contribution in [3.8, 4) is 0 Å². The number of nitrogens with zero attached hydrogens (tertiary/aromatic N) is 1. The van der Waals surface area contributed by atoms with Gasteiger partial charge in [-0.1, -0.05) is 41.9 Å². The lowest BCUT2D eigenvalue weighted by Gasteiger charge is -2.45. The third kappa shape index (κ3) is 4.99. The van der Waals surface area contributed by atoms with Crippen LogP contribution in [0, 0.1) is 5.82 Å². The smallest absolute Gasteiger partial charge is 0.412 e. The summed E-state index contributed by atoms with van der Waals surface area (Å²) in [6, 6.07) is 13.6. The number of hydrogen-bond acceptors (Lipinski definition) is 5. The first kappa shape index (κ1) is 25.5. The van der Waals surface area contributed by atoms with Gasteiger partial charge < -0.3 is 19.9 Å². The number of halogens is 2. The number of anilines is 1. The van der Waals surface area contributed by atoms with Crippen LogP contribution in [0.3, 0.4) is 0 Å². The van der Waals surface area contributed by atoms with E-state index in [1.54, 1.807) is 0 Å². The fraction of sp³-hybridized carbons (Fsp3) is 0.259. The van der Waals surface area contributed by atoms with Crippen LogP contribution in [0.5, 0.6) is 0 Å². The fourth-order valence-corrected chi connectivity index (χ4v) is 5.18. The van der Waals surface area contributed by atoms with Crippen LogP contribution < -0.4 is 16.2 Å². The highest BCUT2D eigenvalue weighted by molar-refractivity contribution is 6.31. The quantitative estimate of drug-likeness (QED) is 0.458. The standard InChI is InChI=1S/C27H24ClFN4O5/c28-18-8-9-19-22(23(18)29)27(38-26(37)32-19)11-4-12-33(15-27)25(36)20(13-16-5-2-1-3-6-16)31-24(35)17-7-10-21(34)30-14-17/h1-3,5-10,14,20H,4,11-13,15H2,(H,30,34)(H,31,35)(H,32,37)/t20-,27-/m0/s1. The van der Waals surface area contributed by atoms with Gasteiger partial charge in [-0.3, -0.25) is 19.7 Å². The Bertz CT molecular complexity index is 1440. The van der Waals surface area contributed by atoms with Gasteiger partial charge >= 0.3 is 6.09 Å². The number of H-pyrrole nitrogens is 1. The lowest BCUT2D eigenvalue weighted by Crippen LogP contribution is -2.57. The van der Waals surface area contributed by atoms with E-state index >= 15 is 4.39 Å². The van der Waals surface area contributed by atoms with E-state index in [1.165, 1.54) is 35.4 Å². The first-order chi connectivity index (χ1) is 18.3. The molecule has 2 aromatic carbocycles. The maximum Gasteiger partial charge on any atom is 0.412 e. The number of carbonyl (C=O) groups excluding carboxylic acids is 3. The van der Waals surface area contributed by atoms with Crippen LogP contribution in [0.4, 0.5) is 14.9 Å². The van der Waals surface area contributed by atoms with Crippen molar-refractivity contribution in [2.24, 2.45) is 0 Å². The van der Waals surface area contributed by atoms with Crippen LogP contribution in [-0.2, 0) is 21.6 Å². The second-order valence-electron chi connectivity index (χ2n) is 9.31. The van der Waals surface area contributed by atoms with Gasteiger partial charge in [0, 0.05) is 25.2 Å². The van der Waals surface area contributed by atoms with Crippen LogP contribution in [-0.4, -0.2) is 46.9 Å². The Morgan fingerprint density at radius 3 is 2.66 bits per heavy atom. The predicted octanol–water partition coefficient (Wildman–Crippen LogP) is 3.59. The molecule has 0 bridgehead atoms. The molecule has 1 fully saturated rings. The average Bonchev–Trinajstić information content (AvgIpc) is 2.90. The number of nitrogens with one attached hydrogen (secondary N) is 3. The highest BCUT2D eigenvalue weighted by Crippen LogP contribution is 2.45. The van der Waals surface area contributed by atoms with Crippen molar-refractivity contribution >= 4 is 35.2 Å². The Labute approximate surface area is 221 Å². The number of aromatic nitrogens is 1. The van der Waals surface area contributed by atoms with Crippen LogP contribution in [0.25, 0.3) is 0 Å². The Balaban J connectivity index is 1.45. The molecule has 1 spiro atoms. The van der Waals surface area contributed by atoms with E-state index < -0.39 is 35.4 Å². The Hall–Kier alpha value is -4.18. The molecule has 2 atom stereocenters. The first-order valence-corrected chi connectivity index (χ1v) is 12.4. The molecule has 1 saturated heterocycles. The molecule has 11 heteroatoms. The van der Waals surface area contributed by atoms with Gasteiger partial charge in [-0.2, -0.15) is 0 Å². The van der Waals surface area contributed by atoms with Gasteiger partial charge in [0.2, 0.25) is 11.5 Å². The minimum atomic E-state index is -1.43. The zero-order chi connectivity index (χ0) is 26.9. The molecule has 0 aliphatic carbocycles. The number of ether oxygens (including phenoxy) is 1. The number of likely N-dealkylation sites (tertiary alicyclic amines) is 1. The van der Waals surface area contributed by atoms with Crippen molar-refractivity contribution in [1.82, 2.24) is 15.2 Å². The van der Waals surface area contributed by atoms with Gasteiger partial charge in [-0.25, -0.2) is 9.18 Å². The molecule has 196 valence electrons. The van der Waals surface area contributed by atoms with Crippen molar-refractivity contribution in [2.75, 3.05) is 18.4 Å². The summed E-state index contributed by atoms with van der Waals surface area (Å²) in [5, 5.41) is 5.15.